The second-order valence-electron chi connectivity index (χ2n) is 6.11. The molecule has 1 atom stereocenters. The molecule has 2 aromatic carbocycles. The van der Waals surface area contributed by atoms with Crippen LogP contribution < -0.4 is 10.6 Å². The Hall–Kier alpha value is -3.75. The largest absolute Gasteiger partial charge is 0.399 e. The van der Waals surface area contributed by atoms with E-state index in [2.05, 4.69) is 20.9 Å². The third-order valence-corrected chi connectivity index (χ3v) is 4.14. The molecule has 158 valence electrons. The fourth-order valence-corrected chi connectivity index (χ4v) is 2.75. The first-order chi connectivity index (χ1) is 14.4. The zero-order valence-corrected chi connectivity index (χ0v) is 17.1. The highest BCUT2D eigenvalue weighted by molar-refractivity contribution is 6.46. The van der Waals surface area contributed by atoms with Crippen molar-refractivity contribution in [3.63, 3.8) is 0 Å². The summed E-state index contributed by atoms with van der Waals surface area (Å²) in [4.78, 5) is 34.8. The first-order valence-electron chi connectivity index (χ1n) is 9.03. The van der Waals surface area contributed by atoms with Crippen molar-refractivity contribution in [2.24, 2.45) is 10.3 Å². The number of halogens is 1. The van der Waals surface area contributed by atoms with Gasteiger partial charge in [0.25, 0.3) is 11.8 Å². The molecule has 0 aliphatic heterocycles. The number of oxime groups is 2. The third kappa shape index (κ3) is 5.40. The van der Waals surface area contributed by atoms with Crippen LogP contribution in [0.25, 0.3) is 0 Å². The Kier molecular flexibility index (Phi) is 8.04. The maximum Gasteiger partial charge on any atom is 0.273 e. The lowest BCUT2D eigenvalue weighted by molar-refractivity contribution is -0.114. The molecular weight excluding hydrogens is 391 g/mol. The summed E-state index contributed by atoms with van der Waals surface area (Å²) in [7, 11) is 4.14. The fraction of sp³-hybridized carbons (Fsp3) is 0.238. The Labute approximate surface area is 173 Å². The minimum absolute atomic E-state index is 0.0391. The predicted octanol–water partition coefficient (Wildman–Crippen LogP) is 2.09. The fourth-order valence-electron chi connectivity index (χ4n) is 2.75. The normalized spacial score (nSPS) is 12.7. The summed E-state index contributed by atoms with van der Waals surface area (Å²) < 4.78 is 13.3. The van der Waals surface area contributed by atoms with Crippen molar-refractivity contribution < 1.29 is 23.7 Å². The van der Waals surface area contributed by atoms with E-state index in [-0.39, 0.29) is 17.1 Å². The van der Waals surface area contributed by atoms with E-state index < -0.39 is 17.9 Å². The van der Waals surface area contributed by atoms with Crippen molar-refractivity contribution in [3.05, 3.63) is 71.0 Å². The highest BCUT2D eigenvalue weighted by Crippen LogP contribution is 2.13. The van der Waals surface area contributed by atoms with Crippen LogP contribution >= 0.6 is 0 Å². The Morgan fingerprint density at radius 2 is 1.57 bits per heavy atom. The molecule has 0 saturated heterocycles. The minimum Gasteiger partial charge on any atom is -0.399 e. The summed E-state index contributed by atoms with van der Waals surface area (Å²) in [5.74, 6) is -1.35. The van der Waals surface area contributed by atoms with Crippen LogP contribution in [0.2, 0.25) is 0 Å². The Morgan fingerprint density at radius 3 is 2.13 bits per heavy atom. The molecule has 2 aromatic rings. The van der Waals surface area contributed by atoms with E-state index in [9.17, 15) is 14.0 Å². The van der Waals surface area contributed by atoms with Crippen LogP contribution in [0.4, 0.5) is 4.39 Å². The van der Waals surface area contributed by atoms with E-state index in [1.807, 2.05) is 0 Å². The van der Waals surface area contributed by atoms with Gasteiger partial charge >= 0.3 is 0 Å². The maximum atomic E-state index is 13.3. The Balaban J connectivity index is 2.35. The lowest BCUT2D eigenvalue weighted by Crippen LogP contribution is -2.40. The quantitative estimate of drug-likeness (QED) is 0.510. The van der Waals surface area contributed by atoms with Gasteiger partial charge in [-0.2, -0.15) is 0 Å². The molecule has 30 heavy (non-hydrogen) atoms. The molecule has 0 aliphatic rings. The minimum atomic E-state index is -0.584. The summed E-state index contributed by atoms with van der Waals surface area (Å²) in [5.41, 5.74) is 1.48. The molecule has 0 spiro atoms. The van der Waals surface area contributed by atoms with Gasteiger partial charge in [0, 0.05) is 23.7 Å². The molecule has 0 heterocycles. The van der Waals surface area contributed by atoms with E-state index in [1.165, 1.54) is 33.4 Å². The van der Waals surface area contributed by atoms with Gasteiger partial charge in [-0.3, -0.25) is 9.59 Å². The Bertz CT molecular complexity index is 958. The zero-order valence-electron chi connectivity index (χ0n) is 17.1. The van der Waals surface area contributed by atoms with Crippen molar-refractivity contribution in [2.75, 3.05) is 21.3 Å². The topological polar surface area (TPSA) is 101 Å². The summed E-state index contributed by atoms with van der Waals surface area (Å²) in [5, 5.41) is 13.0. The number of carbonyl (C=O) groups is 2. The zero-order chi connectivity index (χ0) is 22.1. The lowest BCUT2D eigenvalue weighted by atomic mass is 10.00. The van der Waals surface area contributed by atoms with Gasteiger partial charge in [-0.15, -0.1) is 0 Å². The number of rotatable bonds is 8. The van der Waals surface area contributed by atoms with Gasteiger partial charge in [0.15, 0.2) is 5.71 Å². The van der Waals surface area contributed by atoms with Gasteiger partial charge in [0.2, 0.25) is 0 Å². The van der Waals surface area contributed by atoms with Crippen LogP contribution in [0.3, 0.4) is 0 Å². The van der Waals surface area contributed by atoms with Crippen LogP contribution in [0.1, 0.15) is 28.4 Å². The number of nitrogens with one attached hydrogen (secondary N) is 2. The number of carbonyl (C=O) groups excluding carboxylic acids is 2. The Morgan fingerprint density at radius 1 is 0.967 bits per heavy atom. The number of benzene rings is 2. The second-order valence-corrected chi connectivity index (χ2v) is 6.11. The predicted molar refractivity (Wildman–Crippen MR) is 111 cm³/mol. The van der Waals surface area contributed by atoms with Crippen molar-refractivity contribution in [2.45, 2.75) is 13.0 Å². The van der Waals surface area contributed by atoms with Crippen molar-refractivity contribution >= 4 is 23.2 Å². The van der Waals surface area contributed by atoms with Gasteiger partial charge < -0.3 is 20.3 Å². The maximum absolute atomic E-state index is 13.3. The van der Waals surface area contributed by atoms with E-state index in [1.54, 1.807) is 43.3 Å². The molecule has 0 bridgehead atoms. The summed E-state index contributed by atoms with van der Waals surface area (Å²) >= 11 is 0. The summed E-state index contributed by atoms with van der Waals surface area (Å²) in [6.07, 6.45) is 0. The van der Waals surface area contributed by atoms with Gasteiger partial charge in [-0.05, 0) is 25.1 Å². The first kappa shape index (κ1) is 22.5. The highest BCUT2D eigenvalue weighted by Gasteiger charge is 2.23. The smallest absolute Gasteiger partial charge is 0.273 e. The van der Waals surface area contributed by atoms with Gasteiger partial charge in [-0.1, -0.05) is 40.6 Å². The average molecular weight is 414 g/mol. The van der Waals surface area contributed by atoms with E-state index in [4.69, 9.17) is 9.68 Å². The molecule has 0 aliphatic carbocycles. The van der Waals surface area contributed by atoms with Gasteiger partial charge in [0.1, 0.15) is 25.7 Å². The standard InChI is InChI=1S/C21H23FN4O4/c1-13(18(25-29-3)14-9-11-15(22)12-10-14)24-20(27)17-8-6-5-7-16(17)19(26-30-4)21(28)23-2/h5-13H,1-4H3,(H,23,28)(H,24,27). The first-order valence-corrected chi connectivity index (χ1v) is 9.03. The molecule has 0 fully saturated rings. The van der Waals surface area contributed by atoms with Crippen LogP contribution in [0.15, 0.2) is 58.8 Å². The van der Waals surface area contributed by atoms with Crippen LogP contribution in [0, 0.1) is 5.82 Å². The molecule has 2 N–H and O–H groups in total. The van der Waals surface area contributed by atoms with Crippen molar-refractivity contribution in [3.8, 4) is 0 Å². The number of hydrogen-bond acceptors (Lipinski definition) is 6. The van der Waals surface area contributed by atoms with Crippen molar-refractivity contribution in [1.82, 2.24) is 10.6 Å². The number of likely N-dealkylation sites (N-methyl/N-ethyl adjacent to an activating group) is 1. The van der Waals surface area contributed by atoms with E-state index >= 15 is 0 Å². The third-order valence-electron chi connectivity index (χ3n) is 4.14. The van der Waals surface area contributed by atoms with E-state index in [0.717, 1.165) is 0 Å². The number of nitrogens with zero attached hydrogens (tertiary/aromatic N) is 2. The molecule has 0 saturated carbocycles. The molecule has 1 unspecified atom stereocenters. The summed E-state index contributed by atoms with van der Waals surface area (Å²) in [6, 6.07) is 11.6. The van der Waals surface area contributed by atoms with Gasteiger partial charge in [-0.25, -0.2) is 4.39 Å². The number of hydrogen-bond donors (Lipinski definition) is 2. The van der Waals surface area contributed by atoms with E-state index in [0.29, 0.717) is 16.8 Å². The lowest BCUT2D eigenvalue weighted by Gasteiger charge is -2.18. The second kappa shape index (κ2) is 10.7. The molecule has 2 amide bonds. The van der Waals surface area contributed by atoms with Gasteiger partial charge in [0.05, 0.1) is 6.04 Å². The molecule has 0 aromatic heterocycles. The number of amides is 2. The molecule has 2 rings (SSSR count). The van der Waals surface area contributed by atoms with Crippen molar-refractivity contribution in [1.29, 1.82) is 0 Å². The summed E-state index contributed by atoms with van der Waals surface area (Å²) in [6.45, 7) is 1.71. The highest BCUT2D eigenvalue weighted by atomic mass is 19.1. The molecule has 9 heteroatoms. The average Bonchev–Trinajstić information content (AvgIpc) is 2.76. The molecular formula is C21H23FN4O4. The van der Waals surface area contributed by atoms with Crippen LogP contribution in [-0.2, 0) is 14.5 Å². The molecule has 8 nitrogen and oxygen atoms in total. The SMILES string of the molecule is CNC(=O)C(=NOC)c1ccccc1C(=O)NC(C)C(=NOC)c1ccc(F)cc1. The van der Waals surface area contributed by atoms with Crippen LogP contribution in [-0.4, -0.2) is 50.5 Å². The molecule has 0 radical (unpaired) electrons. The monoisotopic (exact) mass is 414 g/mol. The van der Waals surface area contributed by atoms with Crippen LogP contribution in [0.5, 0.6) is 0 Å².